The molecule has 5 nitrogen and oxygen atoms in total. The molecule has 86 valence electrons. The Morgan fingerprint density at radius 2 is 2.25 bits per heavy atom. The second-order valence-electron chi connectivity index (χ2n) is 2.82. The Kier molecular flexibility index (Phi) is 4.48. The molecule has 0 unspecified atom stereocenters. The van der Waals surface area contributed by atoms with Gasteiger partial charge in [0.2, 0.25) is 0 Å². The molecule has 0 N–H and O–H groups in total. The fourth-order valence-corrected chi connectivity index (χ4v) is 2.09. The summed E-state index contributed by atoms with van der Waals surface area (Å²) in [5.74, 6) is -0.295. The van der Waals surface area contributed by atoms with Crippen LogP contribution in [0.3, 0.4) is 0 Å². The van der Waals surface area contributed by atoms with E-state index in [2.05, 4.69) is 0 Å². The van der Waals surface area contributed by atoms with Crippen LogP contribution in [0, 0.1) is 13.7 Å². The van der Waals surface area contributed by atoms with E-state index >= 15 is 0 Å². The molecule has 0 spiro atoms. The molecule has 1 aromatic carbocycles. The highest BCUT2D eigenvalue weighted by Crippen LogP contribution is 2.30. The first-order valence-electron chi connectivity index (χ1n) is 4.12. The van der Waals surface area contributed by atoms with Crippen LogP contribution in [0.2, 0.25) is 0 Å². The summed E-state index contributed by atoms with van der Waals surface area (Å²) >= 11 is 7.31. The van der Waals surface area contributed by atoms with Crippen LogP contribution in [0.25, 0.3) is 0 Å². The van der Waals surface area contributed by atoms with E-state index < -0.39 is 4.92 Å². The summed E-state index contributed by atoms with van der Waals surface area (Å²) in [6.45, 7) is 0. The number of carbonyl (C=O) groups is 1. The van der Waals surface area contributed by atoms with Gasteiger partial charge < -0.3 is 4.74 Å². The summed E-state index contributed by atoms with van der Waals surface area (Å²) in [6.07, 6.45) is 0. The van der Waals surface area contributed by atoms with E-state index in [1.807, 2.05) is 22.6 Å². The van der Waals surface area contributed by atoms with Crippen molar-refractivity contribution < 1.29 is 14.5 Å². The van der Waals surface area contributed by atoms with Crippen LogP contribution in [0.15, 0.2) is 12.1 Å². The van der Waals surface area contributed by atoms with Crippen LogP contribution in [-0.2, 0) is 0 Å². The largest absolute Gasteiger partial charge is 0.495 e. The molecule has 1 aromatic rings. The summed E-state index contributed by atoms with van der Waals surface area (Å²) in [4.78, 5) is 21.5. The lowest BCUT2D eigenvalue weighted by Crippen LogP contribution is -2.06. The number of non-ortho nitro benzene ring substituents is 1. The number of nitrogens with zero attached hydrogens (tertiary/aromatic N) is 1. The number of nitro benzene ring substituents is 1. The predicted molar refractivity (Wildman–Crippen MR) is 67.4 cm³/mol. The van der Waals surface area contributed by atoms with Crippen molar-refractivity contribution in [2.24, 2.45) is 0 Å². The van der Waals surface area contributed by atoms with E-state index in [4.69, 9.17) is 16.3 Å². The highest BCUT2D eigenvalue weighted by atomic mass is 127. The number of nitro groups is 1. The zero-order chi connectivity index (χ0) is 12.3. The molecule has 0 aliphatic heterocycles. The molecule has 0 amide bonds. The summed E-state index contributed by atoms with van der Waals surface area (Å²) < 4.78 is 5.49. The number of alkyl halides is 1. The van der Waals surface area contributed by atoms with Crippen molar-refractivity contribution >= 4 is 45.7 Å². The molecule has 0 aliphatic rings. The topological polar surface area (TPSA) is 69.4 Å². The molecule has 0 atom stereocenters. The third kappa shape index (κ3) is 2.62. The number of hydrogen-bond acceptors (Lipinski definition) is 4. The van der Waals surface area contributed by atoms with E-state index in [9.17, 15) is 14.9 Å². The Hall–Kier alpha value is -0.890. The fraction of sp³-hybridized carbons (Fsp3) is 0.222. The van der Waals surface area contributed by atoms with E-state index in [0.29, 0.717) is 9.32 Å². The number of hydrogen-bond donors (Lipinski definition) is 0. The van der Waals surface area contributed by atoms with Gasteiger partial charge in [0.25, 0.3) is 5.69 Å². The average molecular weight is 356 g/mol. The molecule has 0 radical (unpaired) electrons. The Morgan fingerprint density at radius 3 is 2.69 bits per heavy atom. The molecule has 16 heavy (non-hydrogen) atoms. The maximum atomic E-state index is 11.5. The van der Waals surface area contributed by atoms with Gasteiger partial charge in [0.05, 0.1) is 27.5 Å². The van der Waals surface area contributed by atoms with Gasteiger partial charge in [0.1, 0.15) is 5.75 Å². The van der Waals surface area contributed by atoms with Gasteiger partial charge in [-0.3, -0.25) is 14.9 Å². The van der Waals surface area contributed by atoms with E-state index in [1.165, 1.54) is 19.2 Å². The molecule has 0 aromatic heterocycles. The Bertz CT molecular complexity index is 449. The van der Waals surface area contributed by atoms with Crippen LogP contribution in [0.4, 0.5) is 5.69 Å². The molecular formula is C9H7ClINO4. The lowest BCUT2D eigenvalue weighted by atomic mass is 10.1. The van der Waals surface area contributed by atoms with Crippen molar-refractivity contribution in [1.82, 2.24) is 0 Å². The quantitative estimate of drug-likeness (QED) is 0.274. The van der Waals surface area contributed by atoms with Crippen LogP contribution in [0.1, 0.15) is 10.4 Å². The third-order valence-electron chi connectivity index (χ3n) is 1.88. The van der Waals surface area contributed by atoms with Gasteiger partial charge in [-0.2, -0.15) is 0 Å². The summed E-state index contributed by atoms with van der Waals surface area (Å²) in [7, 11) is 1.39. The molecule has 1 rings (SSSR count). The first-order chi connectivity index (χ1) is 7.51. The minimum atomic E-state index is -0.580. The molecule has 0 saturated heterocycles. The van der Waals surface area contributed by atoms with Crippen LogP contribution >= 0.6 is 34.2 Å². The molecule has 0 aliphatic carbocycles. The van der Waals surface area contributed by atoms with E-state index in [0.717, 1.165) is 0 Å². The minimum Gasteiger partial charge on any atom is -0.495 e. The second-order valence-corrected chi connectivity index (χ2v) is 4.17. The van der Waals surface area contributed by atoms with E-state index in [-0.39, 0.29) is 22.9 Å². The number of carbonyl (C=O) groups excluding carboxylic acids is 1. The molecule has 0 heterocycles. The minimum absolute atomic E-state index is 0.189. The summed E-state index contributed by atoms with van der Waals surface area (Å²) in [5.41, 5.74) is 0.0207. The highest BCUT2D eigenvalue weighted by molar-refractivity contribution is 14.1. The van der Waals surface area contributed by atoms with Crippen molar-refractivity contribution in [3.63, 3.8) is 0 Å². The van der Waals surface area contributed by atoms with Crippen molar-refractivity contribution in [2.45, 2.75) is 0 Å². The van der Waals surface area contributed by atoms with E-state index in [1.54, 1.807) is 0 Å². The van der Waals surface area contributed by atoms with Gasteiger partial charge in [-0.1, -0.05) is 0 Å². The zero-order valence-electron chi connectivity index (χ0n) is 8.20. The monoisotopic (exact) mass is 355 g/mol. The van der Waals surface area contributed by atoms with Gasteiger partial charge in [-0.25, -0.2) is 0 Å². The van der Waals surface area contributed by atoms with Gasteiger partial charge in [0.15, 0.2) is 5.78 Å². The van der Waals surface area contributed by atoms with Gasteiger partial charge in [-0.15, -0.1) is 11.6 Å². The van der Waals surface area contributed by atoms with Gasteiger partial charge in [0, 0.05) is 11.6 Å². The lowest BCUT2D eigenvalue weighted by Gasteiger charge is -2.07. The van der Waals surface area contributed by atoms with Gasteiger partial charge in [-0.05, 0) is 22.6 Å². The molecule has 0 saturated carbocycles. The fourth-order valence-electron chi connectivity index (χ4n) is 1.11. The molecule has 7 heteroatoms. The first kappa shape index (κ1) is 13.2. The van der Waals surface area contributed by atoms with Crippen molar-refractivity contribution in [3.05, 3.63) is 31.4 Å². The lowest BCUT2D eigenvalue weighted by molar-refractivity contribution is -0.385. The van der Waals surface area contributed by atoms with Crippen LogP contribution in [-0.4, -0.2) is 23.7 Å². The van der Waals surface area contributed by atoms with Crippen molar-refractivity contribution in [1.29, 1.82) is 0 Å². The third-order valence-corrected chi connectivity index (χ3v) is 3.23. The summed E-state index contributed by atoms with van der Waals surface area (Å²) in [6, 6.07) is 2.47. The normalized spacial score (nSPS) is 9.94. The predicted octanol–water partition coefficient (Wildman–Crippen LogP) is 2.63. The smallest absolute Gasteiger partial charge is 0.273 e. The SMILES string of the molecule is COc1cc([N+](=O)[O-])cc(C(=O)CCl)c1I. The van der Waals surface area contributed by atoms with Crippen molar-refractivity contribution in [3.8, 4) is 5.75 Å². The summed E-state index contributed by atoms with van der Waals surface area (Å²) in [5, 5.41) is 10.6. The van der Waals surface area contributed by atoms with Gasteiger partial charge >= 0.3 is 0 Å². The Labute approximate surface area is 110 Å². The Balaban J connectivity index is 3.41. The number of benzene rings is 1. The number of methoxy groups -OCH3 is 1. The number of rotatable bonds is 4. The Morgan fingerprint density at radius 1 is 1.62 bits per heavy atom. The number of Topliss-reactive ketones (excluding diaryl/α,β-unsaturated/α-hetero) is 1. The zero-order valence-corrected chi connectivity index (χ0v) is 11.1. The average Bonchev–Trinajstić information content (AvgIpc) is 2.28. The maximum absolute atomic E-state index is 11.5. The number of ether oxygens (including phenoxy) is 1. The molecule has 0 bridgehead atoms. The van der Waals surface area contributed by atoms with Crippen molar-refractivity contribution in [2.75, 3.05) is 13.0 Å². The molecule has 0 fully saturated rings. The standard InChI is InChI=1S/C9H7ClINO4/c1-16-8-3-5(12(14)15)2-6(9(8)11)7(13)4-10/h2-3H,4H2,1H3. The number of halogens is 2. The number of ketones is 1. The second kappa shape index (κ2) is 5.44. The highest BCUT2D eigenvalue weighted by Gasteiger charge is 2.19. The van der Waals surface area contributed by atoms with Crippen LogP contribution < -0.4 is 4.74 Å². The molecular weight excluding hydrogens is 348 g/mol. The van der Waals surface area contributed by atoms with Crippen LogP contribution in [0.5, 0.6) is 5.75 Å². The first-order valence-corrected chi connectivity index (χ1v) is 5.73. The maximum Gasteiger partial charge on any atom is 0.273 e.